The van der Waals surface area contributed by atoms with Gasteiger partial charge in [0.2, 0.25) is 0 Å². The lowest BCUT2D eigenvalue weighted by Crippen LogP contribution is -2.36. The SMILES string of the molecule is O=S(=O)(C1CCN(CCc2ccc3occc3c2)C1)C(F)(F)F. The molecule has 4 nitrogen and oxygen atoms in total. The highest BCUT2D eigenvalue weighted by Gasteiger charge is 2.52. The fraction of sp³-hybridized carbons (Fsp3) is 0.467. The topological polar surface area (TPSA) is 50.5 Å². The third-order valence-electron chi connectivity index (χ3n) is 4.22. The van der Waals surface area contributed by atoms with Gasteiger partial charge in [-0.15, -0.1) is 0 Å². The highest BCUT2D eigenvalue weighted by molar-refractivity contribution is 7.92. The highest BCUT2D eigenvalue weighted by atomic mass is 32.2. The number of halogens is 3. The van der Waals surface area contributed by atoms with E-state index >= 15 is 0 Å². The summed E-state index contributed by atoms with van der Waals surface area (Å²) in [6, 6.07) is 7.58. The normalized spacial score (nSPS) is 20.4. The summed E-state index contributed by atoms with van der Waals surface area (Å²) in [6.45, 7) is 0.844. The number of sulfone groups is 1. The first-order valence-corrected chi connectivity index (χ1v) is 8.81. The molecule has 0 spiro atoms. The van der Waals surface area contributed by atoms with Crippen LogP contribution in [-0.4, -0.2) is 43.7 Å². The van der Waals surface area contributed by atoms with Crippen molar-refractivity contribution in [2.24, 2.45) is 0 Å². The number of nitrogens with zero attached hydrogens (tertiary/aromatic N) is 1. The first-order valence-electron chi connectivity index (χ1n) is 7.26. The molecule has 1 fully saturated rings. The summed E-state index contributed by atoms with van der Waals surface area (Å²) < 4.78 is 65.8. The standard InChI is InChI=1S/C15H16F3NO3S/c16-15(17,18)23(20,21)13-4-7-19(10-13)6-3-11-1-2-14-12(9-11)5-8-22-14/h1-2,5,8-9,13H,3-4,6-7,10H2. The van der Waals surface area contributed by atoms with Gasteiger partial charge in [0.25, 0.3) is 9.84 Å². The largest absolute Gasteiger partial charge is 0.497 e. The van der Waals surface area contributed by atoms with Gasteiger partial charge >= 0.3 is 5.51 Å². The van der Waals surface area contributed by atoms with E-state index in [0.29, 0.717) is 19.5 Å². The molecule has 8 heteroatoms. The van der Waals surface area contributed by atoms with Crippen LogP contribution in [0.15, 0.2) is 34.9 Å². The van der Waals surface area contributed by atoms with E-state index in [0.717, 1.165) is 16.5 Å². The molecule has 0 aliphatic carbocycles. The van der Waals surface area contributed by atoms with Gasteiger partial charge in [0, 0.05) is 18.5 Å². The molecule has 0 amide bonds. The van der Waals surface area contributed by atoms with E-state index in [4.69, 9.17) is 4.42 Å². The molecule has 0 radical (unpaired) electrons. The summed E-state index contributed by atoms with van der Waals surface area (Å²) in [5.41, 5.74) is -3.34. The van der Waals surface area contributed by atoms with Gasteiger partial charge in [0.15, 0.2) is 0 Å². The van der Waals surface area contributed by atoms with Crippen LogP contribution in [0.2, 0.25) is 0 Å². The smallest absolute Gasteiger partial charge is 0.464 e. The lowest BCUT2D eigenvalue weighted by Gasteiger charge is -2.17. The highest BCUT2D eigenvalue weighted by Crippen LogP contribution is 2.31. The summed E-state index contributed by atoms with van der Waals surface area (Å²) in [5.74, 6) is 0. The zero-order valence-electron chi connectivity index (χ0n) is 12.2. The van der Waals surface area contributed by atoms with Crippen LogP contribution in [0.25, 0.3) is 11.0 Å². The average molecular weight is 347 g/mol. The summed E-state index contributed by atoms with van der Waals surface area (Å²) in [5, 5.41) is -0.375. The van der Waals surface area contributed by atoms with Crippen LogP contribution in [0, 0.1) is 0 Å². The van der Waals surface area contributed by atoms with E-state index in [9.17, 15) is 21.6 Å². The zero-order valence-corrected chi connectivity index (χ0v) is 13.0. The number of fused-ring (bicyclic) bond motifs is 1. The van der Waals surface area contributed by atoms with Crippen molar-refractivity contribution >= 4 is 20.8 Å². The van der Waals surface area contributed by atoms with E-state index < -0.39 is 20.6 Å². The van der Waals surface area contributed by atoms with Gasteiger partial charge in [0.1, 0.15) is 5.58 Å². The van der Waals surface area contributed by atoms with Crippen molar-refractivity contribution in [3.63, 3.8) is 0 Å². The van der Waals surface area contributed by atoms with Gasteiger partial charge in [-0.2, -0.15) is 13.2 Å². The monoisotopic (exact) mass is 347 g/mol. The Morgan fingerprint density at radius 3 is 2.78 bits per heavy atom. The van der Waals surface area contributed by atoms with E-state index in [-0.39, 0.29) is 13.0 Å². The molecule has 2 heterocycles. The number of furan rings is 1. The predicted molar refractivity (Wildman–Crippen MR) is 79.7 cm³/mol. The molecule has 1 saturated heterocycles. The van der Waals surface area contributed by atoms with Crippen LogP contribution in [0.3, 0.4) is 0 Å². The van der Waals surface area contributed by atoms with Crippen LogP contribution in [0.1, 0.15) is 12.0 Å². The second-order valence-electron chi connectivity index (χ2n) is 5.74. The summed E-state index contributed by atoms with van der Waals surface area (Å²) in [4.78, 5) is 1.77. The van der Waals surface area contributed by atoms with Crippen molar-refractivity contribution in [1.82, 2.24) is 4.90 Å². The molecule has 126 valence electrons. The summed E-state index contributed by atoms with van der Waals surface area (Å²) >= 11 is 0. The molecular weight excluding hydrogens is 331 g/mol. The first-order chi connectivity index (χ1) is 10.8. The third kappa shape index (κ3) is 3.23. The predicted octanol–water partition coefficient (Wildman–Crippen LogP) is 2.98. The van der Waals surface area contributed by atoms with Crippen LogP contribution in [-0.2, 0) is 16.3 Å². The Hall–Kier alpha value is -1.54. The molecule has 2 aromatic rings. The van der Waals surface area contributed by atoms with Crippen molar-refractivity contribution in [2.75, 3.05) is 19.6 Å². The lowest BCUT2D eigenvalue weighted by molar-refractivity contribution is -0.0444. The van der Waals surface area contributed by atoms with Gasteiger partial charge in [-0.3, -0.25) is 0 Å². The minimum absolute atomic E-state index is 0.0304. The van der Waals surface area contributed by atoms with Gasteiger partial charge < -0.3 is 9.32 Å². The Labute approximate surface area is 131 Å². The minimum Gasteiger partial charge on any atom is -0.464 e. The lowest BCUT2D eigenvalue weighted by atomic mass is 10.1. The fourth-order valence-corrected chi connectivity index (χ4v) is 4.10. The molecule has 0 saturated carbocycles. The van der Waals surface area contributed by atoms with Crippen molar-refractivity contribution in [3.05, 3.63) is 36.1 Å². The molecule has 3 rings (SSSR count). The molecule has 1 atom stereocenters. The second-order valence-corrected chi connectivity index (χ2v) is 7.96. The Balaban J connectivity index is 1.60. The number of likely N-dealkylation sites (tertiary alicyclic amines) is 1. The summed E-state index contributed by atoms with van der Waals surface area (Å²) in [6.07, 6.45) is 2.28. The van der Waals surface area contributed by atoms with E-state index in [1.807, 2.05) is 24.3 Å². The van der Waals surface area contributed by atoms with Crippen LogP contribution >= 0.6 is 0 Å². The molecule has 1 unspecified atom stereocenters. The van der Waals surface area contributed by atoms with Gasteiger partial charge in [-0.1, -0.05) is 6.07 Å². The molecule has 1 aromatic carbocycles. The molecule has 23 heavy (non-hydrogen) atoms. The van der Waals surface area contributed by atoms with E-state index in [2.05, 4.69) is 0 Å². The van der Waals surface area contributed by atoms with Crippen molar-refractivity contribution in [3.8, 4) is 0 Å². The molecule has 1 aliphatic rings. The zero-order chi connectivity index (χ0) is 16.7. The molecular formula is C15H16F3NO3S. The summed E-state index contributed by atoms with van der Waals surface area (Å²) in [7, 11) is -5.07. The van der Waals surface area contributed by atoms with Crippen molar-refractivity contribution < 1.29 is 26.0 Å². The molecule has 1 aliphatic heterocycles. The molecule has 1 aromatic heterocycles. The Morgan fingerprint density at radius 1 is 1.26 bits per heavy atom. The first kappa shape index (κ1) is 16.3. The maximum Gasteiger partial charge on any atom is 0.497 e. The van der Waals surface area contributed by atoms with E-state index in [1.165, 1.54) is 0 Å². The maximum absolute atomic E-state index is 12.6. The number of rotatable bonds is 4. The van der Waals surface area contributed by atoms with Crippen LogP contribution in [0.4, 0.5) is 13.2 Å². The number of benzene rings is 1. The van der Waals surface area contributed by atoms with Crippen molar-refractivity contribution in [1.29, 1.82) is 0 Å². The van der Waals surface area contributed by atoms with Crippen molar-refractivity contribution in [2.45, 2.75) is 23.6 Å². The second kappa shape index (κ2) is 5.83. The fourth-order valence-electron chi connectivity index (χ4n) is 2.90. The third-order valence-corrected chi connectivity index (χ3v) is 6.13. The quantitative estimate of drug-likeness (QED) is 0.853. The average Bonchev–Trinajstić information content (AvgIpc) is 3.12. The number of hydrogen-bond donors (Lipinski definition) is 0. The number of alkyl halides is 3. The minimum atomic E-state index is -5.17. The Morgan fingerprint density at radius 2 is 2.04 bits per heavy atom. The molecule has 0 bridgehead atoms. The van der Waals surface area contributed by atoms with Gasteiger partial charge in [-0.05, 0) is 43.1 Å². The molecule has 0 N–H and O–H groups in total. The van der Waals surface area contributed by atoms with Gasteiger partial charge in [-0.25, -0.2) is 8.42 Å². The maximum atomic E-state index is 12.6. The van der Waals surface area contributed by atoms with Gasteiger partial charge in [0.05, 0.1) is 11.5 Å². The number of hydrogen-bond acceptors (Lipinski definition) is 4. The van der Waals surface area contributed by atoms with Crippen LogP contribution < -0.4 is 0 Å². The Kier molecular flexibility index (Phi) is 4.14. The van der Waals surface area contributed by atoms with Crippen LogP contribution in [0.5, 0.6) is 0 Å². The Bertz CT molecular complexity index is 798. The van der Waals surface area contributed by atoms with E-state index in [1.54, 1.807) is 11.2 Å².